The molecule has 1 aromatic rings. The van der Waals surface area contributed by atoms with Crippen molar-refractivity contribution in [2.24, 2.45) is 4.99 Å². The number of allylic oxidation sites excluding steroid dienone is 2. The number of H-pyrrole nitrogens is 1. The summed E-state index contributed by atoms with van der Waals surface area (Å²) >= 11 is 0. The highest BCUT2D eigenvalue weighted by Gasteiger charge is 2.00. The molecule has 0 aliphatic rings. The van der Waals surface area contributed by atoms with Crippen molar-refractivity contribution < 1.29 is 0 Å². The molecule has 0 amide bonds. The smallest absolute Gasteiger partial charge is 0.0597 e. The summed E-state index contributed by atoms with van der Waals surface area (Å²) in [6.45, 7) is 10.8. The fraction of sp³-hybridized carbons (Fsp3) is 0.429. The van der Waals surface area contributed by atoms with E-state index in [1.165, 1.54) is 5.56 Å². The summed E-state index contributed by atoms with van der Waals surface area (Å²) in [7, 11) is 0. The van der Waals surface area contributed by atoms with E-state index in [1.807, 2.05) is 33.0 Å². The fourth-order valence-electron chi connectivity index (χ4n) is 1.54. The average molecular weight is 246 g/mol. The highest BCUT2D eigenvalue weighted by molar-refractivity contribution is 5.97. The molecule has 18 heavy (non-hydrogen) atoms. The van der Waals surface area contributed by atoms with Crippen LogP contribution in [0, 0.1) is 6.92 Å². The highest BCUT2D eigenvalue weighted by atomic mass is 15.1. The minimum absolute atomic E-state index is 0.886. The van der Waals surface area contributed by atoms with Crippen LogP contribution in [0.1, 0.15) is 31.5 Å². The van der Waals surface area contributed by atoms with Crippen LogP contribution >= 0.6 is 0 Å². The topological polar surface area (TPSA) is 53.1 Å². The predicted octanol–water partition coefficient (Wildman–Crippen LogP) is 2.75. The number of nitrogens with one attached hydrogen (secondary N) is 2. The molecule has 4 heteroatoms. The molecule has 0 aromatic carbocycles. The van der Waals surface area contributed by atoms with Gasteiger partial charge >= 0.3 is 0 Å². The van der Waals surface area contributed by atoms with Crippen molar-refractivity contribution in [2.45, 2.75) is 33.6 Å². The first-order chi connectivity index (χ1) is 8.65. The maximum Gasteiger partial charge on any atom is 0.0597 e. The molecule has 1 heterocycles. The van der Waals surface area contributed by atoms with Crippen LogP contribution in [0.25, 0.3) is 0 Å². The van der Waals surface area contributed by atoms with E-state index in [4.69, 9.17) is 0 Å². The number of aliphatic imine (C=N–C) groups is 1. The molecule has 0 bridgehead atoms. The number of aromatic amines is 1. The third-order valence-electron chi connectivity index (χ3n) is 2.75. The Hall–Kier alpha value is -1.84. The van der Waals surface area contributed by atoms with Gasteiger partial charge in [0.1, 0.15) is 0 Å². The molecule has 0 atom stereocenters. The van der Waals surface area contributed by atoms with E-state index in [-0.39, 0.29) is 0 Å². The molecule has 0 aliphatic carbocycles. The van der Waals surface area contributed by atoms with Gasteiger partial charge in [-0.3, -0.25) is 10.1 Å². The standard InChI is InChI=1S/C14H22N4/c1-5-8-15-11(2)12(3)16-9-6-7-14-10-17-18-13(14)4/h5,8,10,16H,3,6-7,9H2,1-2,4H3,(H,17,18)/b8-5-,15-11?. The zero-order chi connectivity index (χ0) is 13.4. The molecular weight excluding hydrogens is 224 g/mol. The van der Waals surface area contributed by atoms with E-state index in [2.05, 4.69) is 27.1 Å². The minimum atomic E-state index is 0.886. The number of hydrogen-bond acceptors (Lipinski definition) is 3. The molecule has 0 unspecified atom stereocenters. The lowest BCUT2D eigenvalue weighted by Gasteiger charge is -2.08. The molecule has 0 fully saturated rings. The van der Waals surface area contributed by atoms with Crippen LogP contribution in [0.3, 0.4) is 0 Å². The summed E-state index contributed by atoms with van der Waals surface area (Å²) in [5.41, 5.74) is 4.24. The second-order valence-electron chi connectivity index (χ2n) is 4.23. The predicted molar refractivity (Wildman–Crippen MR) is 76.7 cm³/mol. The molecule has 0 saturated heterocycles. The van der Waals surface area contributed by atoms with Crippen molar-refractivity contribution in [3.05, 3.63) is 42.0 Å². The van der Waals surface area contributed by atoms with Crippen LogP contribution in [0.15, 0.2) is 35.7 Å². The highest BCUT2D eigenvalue weighted by Crippen LogP contribution is 2.05. The largest absolute Gasteiger partial charge is 0.384 e. The van der Waals surface area contributed by atoms with E-state index in [9.17, 15) is 0 Å². The van der Waals surface area contributed by atoms with Gasteiger partial charge in [-0.1, -0.05) is 12.7 Å². The third kappa shape index (κ3) is 4.57. The molecular formula is C14H22N4. The summed E-state index contributed by atoms with van der Waals surface area (Å²) < 4.78 is 0. The first kappa shape index (κ1) is 14.2. The van der Waals surface area contributed by atoms with Gasteiger partial charge < -0.3 is 5.32 Å². The van der Waals surface area contributed by atoms with Gasteiger partial charge in [-0.15, -0.1) is 0 Å². The molecule has 0 radical (unpaired) electrons. The molecule has 1 aromatic heterocycles. The number of hydrogen-bond donors (Lipinski definition) is 2. The third-order valence-corrected chi connectivity index (χ3v) is 2.75. The van der Waals surface area contributed by atoms with Crippen LogP contribution in [-0.2, 0) is 6.42 Å². The second kappa shape index (κ2) is 7.48. The lowest BCUT2D eigenvalue weighted by atomic mass is 10.1. The lowest BCUT2D eigenvalue weighted by molar-refractivity contribution is 0.738. The Bertz CT molecular complexity index is 440. The Labute approximate surface area is 109 Å². The second-order valence-corrected chi connectivity index (χ2v) is 4.23. The van der Waals surface area contributed by atoms with Crippen molar-refractivity contribution in [1.82, 2.24) is 15.5 Å². The monoisotopic (exact) mass is 246 g/mol. The molecule has 4 nitrogen and oxygen atoms in total. The van der Waals surface area contributed by atoms with Crippen molar-refractivity contribution >= 4 is 5.71 Å². The Morgan fingerprint density at radius 1 is 1.61 bits per heavy atom. The SMILES string of the molecule is C=C(NCCCc1cn[nH]c1C)C(C)=N/C=C\C. The Morgan fingerprint density at radius 2 is 2.39 bits per heavy atom. The quantitative estimate of drug-likeness (QED) is 0.574. The van der Waals surface area contributed by atoms with Gasteiger partial charge in [0.05, 0.1) is 11.9 Å². The number of rotatable bonds is 7. The Kier molecular flexibility index (Phi) is 5.91. The zero-order valence-corrected chi connectivity index (χ0v) is 11.5. The van der Waals surface area contributed by atoms with E-state index in [1.54, 1.807) is 6.20 Å². The molecule has 2 N–H and O–H groups in total. The zero-order valence-electron chi connectivity index (χ0n) is 11.5. The first-order valence-electron chi connectivity index (χ1n) is 6.22. The van der Waals surface area contributed by atoms with Gasteiger partial charge in [0.2, 0.25) is 0 Å². The summed E-state index contributed by atoms with van der Waals surface area (Å²) in [6, 6.07) is 0. The van der Waals surface area contributed by atoms with Crippen LogP contribution in [0.2, 0.25) is 0 Å². The molecule has 0 saturated carbocycles. The molecule has 0 aliphatic heterocycles. The van der Waals surface area contributed by atoms with Gasteiger partial charge in [-0.05, 0) is 39.2 Å². The van der Waals surface area contributed by atoms with Gasteiger partial charge in [0, 0.05) is 24.1 Å². The molecule has 0 spiro atoms. The molecule has 1 rings (SSSR count). The van der Waals surface area contributed by atoms with Crippen molar-refractivity contribution in [1.29, 1.82) is 0 Å². The number of nitrogens with zero attached hydrogens (tertiary/aromatic N) is 2. The van der Waals surface area contributed by atoms with Gasteiger partial charge in [0.25, 0.3) is 0 Å². The Morgan fingerprint density at radius 3 is 3.00 bits per heavy atom. The van der Waals surface area contributed by atoms with Crippen molar-refractivity contribution in [2.75, 3.05) is 6.54 Å². The van der Waals surface area contributed by atoms with Crippen molar-refractivity contribution in [3.8, 4) is 0 Å². The molecule has 98 valence electrons. The number of aromatic nitrogens is 2. The van der Waals surface area contributed by atoms with Crippen LogP contribution < -0.4 is 5.32 Å². The maximum atomic E-state index is 4.24. The maximum absolute atomic E-state index is 4.24. The summed E-state index contributed by atoms with van der Waals surface area (Å²) in [6.07, 6.45) is 7.64. The number of aryl methyl sites for hydroxylation is 2. The van der Waals surface area contributed by atoms with Gasteiger partial charge in [0.15, 0.2) is 0 Å². The van der Waals surface area contributed by atoms with E-state index in [0.717, 1.165) is 36.5 Å². The van der Waals surface area contributed by atoms with E-state index >= 15 is 0 Å². The van der Waals surface area contributed by atoms with Gasteiger partial charge in [-0.2, -0.15) is 5.10 Å². The fourth-order valence-corrected chi connectivity index (χ4v) is 1.54. The normalized spacial score (nSPS) is 12.1. The Balaban J connectivity index is 2.26. The average Bonchev–Trinajstić information content (AvgIpc) is 2.77. The summed E-state index contributed by atoms with van der Waals surface area (Å²) in [5.74, 6) is 0. The van der Waals surface area contributed by atoms with Crippen LogP contribution in [0.5, 0.6) is 0 Å². The lowest BCUT2D eigenvalue weighted by Crippen LogP contribution is -2.19. The van der Waals surface area contributed by atoms with Crippen LogP contribution in [-0.4, -0.2) is 22.5 Å². The summed E-state index contributed by atoms with van der Waals surface area (Å²) in [4.78, 5) is 4.24. The first-order valence-corrected chi connectivity index (χ1v) is 6.22. The van der Waals surface area contributed by atoms with Crippen LogP contribution in [0.4, 0.5) is 0 Å². The van der Waals surface area contributed by atoms with E-state index in [0.29, 0.717) is 0 Å². The summed E-state index contributed by atoms with van der Waals surface area (Å²) in [5, 5.41) is 10.2. The van der Waals surface area contributed by atoms with E-state index < -0.39 is 0 Å². The van der Waals surface area contributed by atoms with Crippen molar-refractivity contribution in [3.63, 3.8) is 0 Å². The minimum Gasteiger partial charge on any atom is -0.384 e. The van der Waals surface area contributed by atoms with Gasteiger partial charge in [-0.25, -0.2) is 0 Å².